The van der Waals surface area contributed by atoms with Gasteiger partial charge in [-0.15, -0.1) is 0 Å². The van der Waals surface area contributed by atoms with Crippen LogP contribution in [0.25, 0.3) is 0 Å². The van der Waals surface area contributed by atoms with Crippen LogP contribution in [0.2, 0.25) is 0 Å². The molecule has 1 aromatic rings. The van der Waals surface area contributed by atoms with Crippen molar-refractivity contribution < 1.29 is 18.3 Å². The van der Waals surface area contributed by atoms with Crippen molar-refractivity contribution >= 4 is 10.0 Å². The predicted octanol–water partition coefficient (Wildman–Crippen LogP) is 1.24. The van der Waals surface area contributed by atoms with Crippen LogP contribution in [-0.2, 0) is 14.8 Å². The molecular formula is C12H17NO4S. The van der Waals surface area contributed by atoms with Crippen molar-refractivity contribution in [1.82, 2.24) is 4.72 Å². The molecule has 0 saturated heterocycles. The highest BCUT2D eigenvalue weighted by Gasteiger charge is 2.38. The van der Waals surface area contributed by atoms with E-state index >= 15 is 0 Å². The fraction of sp³-hybridized carbons (Fsp3) is 0.500. The van der Waals surface area contributed by atoms with Gasteiger partial charge in [0.1, 0.15) is 10.6 Å². The van der Waals surface area contributed by atoms with Gasteiger partial charge in [-0.2, -0.15) is 0 Å². The number of phenols is 1. The van der Waals surface area contributed by atoms with Crippen molar-refractivity contribution in [1.29, 1.82) is 0 Å². The van der Waals surface area contributed by atoms with E-state index in [1.54, 1.807) is 19.2 Å². The highest BCUT2D eigenvalue weighted by atomic mass is 32.2. The maximum Gasteiger partial charge on any atom is 0.244 e. The number of hydrogen-bond donors (Lipinski definition) is 2. The molecule has 18 heavy (non-hydrogen) atoms. The number of nitrogens with one attached hydrogen (secondary N) is 1. The van der Waals surface area contributed by atoms with Gasteiger partial charge < -0.3 is 9.84 Å². The lowest BCUT2D eigenvalue weighted by atomic mass is 9.80. The normalized spacial score (nSPS) is 18.3. The van der Waals surface area contributed by atoms with E-state index in [1.165, 1.54) is 12.1 Å². The fourth-order valence-corrected chi connectivity index (χ4v) is 3.22. The summed E-state index contributed by atoms with van der Waals surface area (Å²) in [4.78, 5) is -0.101. The Morgan fingerprint density at radius 3 is 2.56 bits per heavy atom. The van der Waals surface area contributed by atoms with E-state index in [-0.39, 0.29) is 22.8 Å². The summed E-state index contributed by atoms with van der Waals surface area (Å²) in [5.41, 5.74) is -0.378. The summed E-state index contributed by atoms with van der Waals surface area (Å²) >= 11 is 0. The zero-order valence-electron chi connectivity index (χ0n) is 10.2. The molecule has 0 atom stereocenters. The van der Waals surface area contributed by atoms with E-state index in [4.69, 9.17) is 4.74 Å². The smallest absolute Gasteiger partial charge is 0.244 e. The Morgan fingerprint density at radius 2 is 2.06 bits per heavy atom. The lowest BCUT2D eigenvalue weighted by Crippen LogP contribution is -2.49. The lowest BCUT2D eigenvalue weighted by molar-refractivity contribution is -0.0659. The zero-order valence-corrected chi connectivity index (χ0v) is 11.0. The first kappa shape index (κ1) is 13.3. The second-order valence-electron chi connectivity index (χ2n) is 4.53. The Balaban J connectivity index is 2.11. The minimum atomic E-state index is -3.69. The van der Waals surface area contributed by atoms with Gasteiger partial charge in [0.15, 0.2) is 0 Å². The molecule has 0 radical (unpaired) electrons. The number of benzene rings is 1. The van der Waals surface area contributed by atoms with Crippen molar-refractivity contribution in [2.75, 3.05) is 13.7 Å². The molecule has 0 amide bonds. The van der Waals surface area contributed by atoms with Crippen LogP contribution in [0.5, 0.6) is 5.75 Å². The van der Waals surface area contributed by atoms with Crippen molar-refractivity contribution in [3.8, 4) is 5.75 Å². The summed E-state index contributed by atoms with van der Waals surface area (Å²) in [6, 6.07) is 5.88. The van der Waals surface area contributed by atoms with E-state index < -0.39 is 10.0 Å². The average Bonchev–Trinajstić information content (AvgIpc) is 2.28. The maximum absolute atomic E-state index is 12.0. The molecule has 0 aromatic heterocycles. The largest absolute Gasteiger partial charge is 0.507 e. The first-order valence-electron chi connectivity index (χ1n) is 5.82. The summed E-state index contributed by atoms with van der Waals surface area (Å²) < 4.78 is 31.9. The Kier molecular flexibility index (Phi) is 3.61. The predicted molar refractivity (Wildman–Crippen MR) is 66.9 cm³/mol. The number of ether oxygens (including phenoxy) is 1. The van der Waals surface area contributed by atoms with Gasteiger partial charge in [0.25, 0.3) is 0 Å². The van der Waals surface area contributed by atoms with Crippen LogP contribution in [-0.4, -0.2) is 32.8 Å². The van der Waals surface area contributed by atoms with Crippen LogP contribution < -0.4 is 4.72 Å². The highest BCUT2D eigenvalue weighted by molar-refractivity contribution is 7.89. The monoisotopic (exact) mass is 271 g/mol. The Morgan fingerprint density at radius 1 is 1.39 bits per heavy atom. The molecule has 1 aromatic carbocycles. The fourth-order valence-electron chi connectivity index (χ4n) is 2.01. The third-order valence-electron chi connectivity index (χ3n) is 3.44. The Labute approximate surface area is 107 Å². The second kappa shape index (κ2) is 4.87. The van der Waals surface area contributed by atoms with Gasteiger partial charge in [0.05, 0.1) is 5.60 Å². The van der Waals surface area contributed by atoms with Crippen LogP contribution in [0.1, 0.15) is 19.3 Å². The Bertz CT molecular complexity index is 517. The highest BCUT2D eigenvalue weighted by Crippen LogP contribution is 2.34. The summed E-state index contributed by atoms with van der Waals surface area (Å²) in [6.45, 7) is 0.236. The lowest BCUT2D eigenvalue weighted by Gasteiger charge is -2.40. The van der Waals surface area contributed by atoms with Gasteiger partial charge in [-0.05, 0) is 31.4 Å². The minimum Gasteiger partial charge on any atom is -0.507 e. The first-order valence-corrected chi connectivity index (χ1v) is 7.30. The van der Waals surface area contributed by atoms with Gasteiger partial charge in [0, 0.05) is 13.7 Å². The molecule has 5 nitrogen and oxygen atoms in total. The van der Waals surface area contributed by atoms with Gasteiger partial charge in [-0.1, -0.05) is 12.1 Å². The van der Waals surface area contributed by atoms with Crippen LogP contribution in [0.15, 0.2) is 29.2 Å². The van der Waals surface area contributed by atoms with Crippen molar-refractivity contribution in [2.24, 2.45) is 0 Å². The quantitative estimate of drug-likeness (QED) is 0.845. The molecule has 0 heterocycles. The molecule has 1 fully saturated rings. The van der Waals surface area contributed by atoms with E-state index in [0.717, 1.165) is 19.3 Å². The van der Waals surface area contributed by atoms with Crippen LogP contribution >= 0.6 is 0 Å². The number of para-hydroxylation sites is 1. The summed E-state index contributed by atoms with van der Waals surface area (Å²) in [5, 5.41) is 9.55. The number of methoxy groups -OCH3 is 1. The van der Waals surface area contributed by atoms with E-state index in [9.17, 15) is 13.5 Å². The molecular weight excluding hydrogens is 254 g/mol. The molecule has 2 rings (SSSR count). The topological polar surface area (TPSA) is 75.6 Å². The molecule has 1 saturated carbocycles. The molecule has 0 aliphatic heterocycles. The summed E-state index contributed by atoms with van der Waals surface area (Å²) in [7, 11) is -2.10. The Hall–Kier alpha value is -1.11. The molecule has 100 valence electrons. The molecule has 0 spiro atoms. The van der Waals surface area contributed by atoms with Crippen LogP contribution in [0.3, 0.4) is 0 Å². The number of hydrogen-bond acceptors (Lipinski definition) is 4. The third kappa shape index (κ3) is 2.50. The SMILES string of the molecule is COC1(CNS(=O)(=O)c2ccccc2O)CCC1. The van der Waals surface area contributed by atoms with E-state index in [2.05, 4.69) is 4.72 Å². The van der Waals surface area contributed by atoms with Crippen molar-refractivity contribution in [3.05, 3.63) is 24.3 Å². The van der Waals surface area contributed by atoms with Gasteiger partial charge in [-0.25, -0.2) is 13.1 Å². The third-order valence-corrected chi connectivity index (χ3v) is 4.89. The molecule has 1 aliphatic rings. The van der Waals surface area contributed by atoms with Gasteiger partial charge in [0.2, 0.25) is 10.0 Å². The molecule has 1 aliphatic carbocycles. The molecule has 6 heteroatoms. The average molecular weight is 271 g/mol. The van der Waals surface area contributed by atoms with Gasteiger partial charge in [-0.3, -0.25) is 0 Å². The number of phenolic OH excluding ortho intramolecular Hbond substituents is 1. The first-order chi connectivity index (χ1) is 8.49. The zero-order chi connectivity index (χ0) is 13.2. The number of rotatable bonds is 5. The number of aromatic hydroxyl groups is 1. The summed E-state index contributed by atoms with van der Waals surface area (Å²) in [5.74, 6) is -0.245. The molecule has 0 bridgehead atoms. The van der Waals surface area contributed by atoms with Gasteiger partial charge >= 0.3 is 0 Å². The summed E-state index contributed by atoms with van der Waals surface area (Å²) in [6.07, 6.45) is 2.76. The van der Waals surface area contributed by atoms with Crippen molar-refractivity contribution in [2.45, 2.75) is 29.8 Å². The van der Waals surface area contributed by atoms with E-state index in [1.807, 2.05) is 0 Å². The molecule has 2 N–H and O–H groups in total. The minimum absolute atomic E-state index is 0.101. The van der Waals surface area contributed by atoms with Crippen LogP contribution in [0, 0.1) is 0 Å². The number of sulfonamides is 1. The second-order valence-corrected chi connectivity index (χ2v) is 6.27. The maximum atomic E-state index is 12.0. The van der Waals surface area contributed by atoms with E-state index in [0.29, 0.717) is 0 Å². The standard InChI is InChI=1S/C12H17NO4S/c1-17-12(7-4-8-12)9-13-18(15,16)11-6-3-2-5-10(11)14/h2-3,5-6,13-14H,4,7-9H2,1H3. The molecule has 0 unspecified atom stereocenters. The van der Waals surface area contributed by atoms with Crippen molar-refractivity contribution in [3.63, 3.8) is 0 Å². The van der Waals surface area contributed by atoms with Crippen LogP contribution in [0.4, 0.5) is 0 Å².